The molecule has 1 aliphatic rings. The van der Waals surface area contributed by atoms with Crippen LogP contribution in [0.5, 0.6) is 5.75 Å². The van der Waals surface area contributed by atoms with Gasteiger partial charge in [-0.1, -0.05) is 82.3 Å². The lowest BCUT2D eigenvalue weighted by atomic mass is 10.0. The Balaban J connectivity index is 1.52. The quantitative estimate of drug-likeness (QED) is 0.0756. The van der Waals surface area contributed by atoms with Crippen LogP contribution in [0.4, 0.5) is 0 Å². The number of carboxylic acid groups (broad SMARTS) is 1. The molecule has 314 valence electrons. The number of hydrogen-bond donors (Lipinski definition) is 10. The Kier molecular flexibility index (Phi) is 16.6. The molecule has 59 heavy (non-hydrogen) atoms. The van der Waals surface area contributed by atoms with E-state index in [1.807, 2.05) is 30.3 Å². The number of aliphatic carboxylic acids is 1. The molecule has 2 heterocycles. The van der Waals surface area contributed by atoms with Gasteiger partial charge in [-0.3, -0.25) is 24.0 Å². The Hall–Kier alpha value is -5.56. The van der Waals surface area contributed by atoms with Gasteiger partial charge < -0.3 is 53.2 Å². The van der Waals surface area contributed by atoms with Gasteiger partial charge in [0.2, 0.25) is 29.5 Å². The van der Waals surface area contributed by atoms with Crippen molar-refractivity contribution in [3.63, 3.8) is 0 Å². The van der Waals surface area contributed by atoms with Crippen LogP contribution in [0.25, 0.3) is 10.9 Å². The number of nitrogens with one attached hydrogen (secondary N) is 6. The summed E-state index contributed by atoms with van der Waals surface area (Å²) in [5, 5.41) is 34.3. The Morgan fingerprint density at radius 2 is 1.19 bits per heavy atom. The maximum Gasteiger partial charge on any atom is 0.327 e. The van der Waals surface area contributed by atoms with Gasteiger partial charge in [0.15, 0.2) is 0 Å². The van der Waals surface area contributed by atoms with Crippen molar-refractivity contribution in [3.05, 3.63) is 102 Å². The van der Waals surface area contributed by atoms with Crippen LogP contribution in [-0.2, 0) is 48.0 Å². The largest absolute Gasteiger partial charge is 0.508 e. The molecule has 0 unspecified atom stereocenters. The van der Waals surface area contributed by atoms with E-state index < -0.39 is 71.8 Å². The van der Waals surface area contributed by atoms with E-state index >= 15 is 0 Å². The lowest BCUT2D eigenvalue weighted by Crippen LogP contribution is -2.60. The molecule has 0 saturated carbocycles. The third kappa shape index (κ3) is 13.2. The van der Waals surface area contributed by atoms with E-state index in [9.17, 15) is 39.0 Å². The van der Waals surface area contributed by atoms with Crippen LogP contribution in [0.1, 0.15) is 36.0 Å². The number of aromatic amines is 1. The zero-order chi connectivity index (χ0) is 42.3. The van der Waals surface area contributed by atoms with E-state index in [-0.39, 0.29) is 42.9 Å². The van der Waals surface area contributed by atoms with Crippen molar-refractivity contribution in [2.75, 3.05) is 18.1 Å². The number of rotatable bonds is 11. The molecule has 5 amide bonds. The summed E-state index contributed by atoms with van der Waals surface area (Å²) in [6, 6.07) is 15.0. The van der Waals surface area contributed by atoms with Gasteiger partial charge >= 0.3 is 5.97 Å². The van der Waals surface area contributed by atoms with E-state index in [1.54, 1.807) is 42.6 Å². The summed E-state index contributed by atoms with van der Waals surface area (Å²) >= 11 is 0. The molecule has 0 aliphatic carbocycles. The van der Waals surface area contributed by atoms with E-state index in [0.29, 0.717) is 30.5 Å². The first-order valence-corrected chi connectivity index (χ1v) is 21.7. The summed E-state index contributed by atoms with van der Waals surface area (Å²) in [5.74, 6) is -4.94. The minimum atomic E-state index is -1.39. The second kappa shape index (κ2) is 22.0. The number of fused-ring (bicyclic) bond motifs is 1. The monoisotopic (exact) mass is 846 g/mol. The molecule has 1 aliphatic heterocycles. The number of H-pyrrole nitrogens is 1. The molecule has 1 aromatic heterocycles. The van der Waals surface area contributed by atoms with E-state index in [2.05, 4.69) is 31.6 Å². The number of hydrogen-bond acceptors (Lipinski definition) is 11. The van der Waals surface area contributed by atoms with Crippen molar-refractivity contribution in [1.29, 1.82) is 0 Å². The third-order valence-corrected chi connectivity index (χ3v) is 12.2. The Morgan fingerprint density at radius 1 is 0.644 bits per heavy atom. The predicted octanol–water partition coefficient (Wildman–Crippen LogP) is 1.26. The normalized spacial score (nSPS) is 23.0. The number of aromatic nitrogens is 1. The molecule has 0 bridgehead atoms. The highest BCUT2D eigenvalue weighted by atomic mass is 33.1. The zero-order valence-corrected chi connectivity index (χ0v) is 33.9. The second-order valence-corrected chi connectivity index (χ2v) is 16.8. The van der Waals surface area contributed by atoms with Crippen molar-refractivity contribution in [2.24, 2.45) is 11.5 Å². The van der Waals surface area contributed by atoms with Gasteiger partial charge in [0, 0.05) is 47.9 Å². The highest BCUT2D eigenvalue weighted by Crippen LogP contribution is 2.24. The summed E-state index contributed by atoms with van der Waals surface area (Å²) < 4.78 is 0. The highest BCUT2D eigenvalue weighted by Gasteiger charge is 2.34. The van der Waals surface area contributed by atoms with E-state index in [1.165, 1.54) is 12.1 Å². The number of amides is 5. The molecule has 3 aromatic carbocycles. The molecular formula is C41H50N8O8S2. The van der Waals surface area contributed by atoms with Crippen molar-refractivity contribution in [3.8, 4) is 5.75 Å². The topological polar surface area (TPSA) is 271 Å². The average molecular weight is 847 g/mol. The maximum absolute atomic E-state index is 14.4. The molecule has 12 N–H and O–H groups in total. The fraction of sp³-hybridized carbons (Fsp3) is 0.366. The molecule has 1 fully saturated rings. The SMILES string of the molecule is NCCCC[C@@H]1NC(=O)[C@H](Cc2c[nH]c3ccccc23)NC(=O)[C@H](Cc2ccccc2)NC(=O)[C@@H](N)CSSC[C@@H](C(=O)O)NC(=O)[C@H](Cc2ccc(O)cc2)NC1=O. The summed E-state index contributed by atoms with van der Waals surface area (Å²) in [6.45, 7) is 0.318. The van der Waals surface area contributed by atoms with Crippen LogP contribution < -0.4 is 38.1 Å². The van der Waals surface area contributed by atoms with E-state index in [0.717, 1.165) is 38.1 Å². The highest BCUT2D eigenvalue weighted by molar-refractivity contribution is 8.76. The Labute approximate surface area is 349 Å². The molecule has 18 heteroatoms. The lowest BCUT2D eigenvalue weighted by molar-refractivity contribution is -0.141. The molecule has 1 saturated heterocycles. The summed E-state index contributed by atoms with van der Waals surface area (Å²) in [5.41, 5.74) is 14.8. The summed E-state index contributed by atoms with van der Waals surface area (Å²) in [7, 11) is 2.20. The molecule has 5 rings (SSSR count). The van der Waals surface area contributed by atoms with Gasteiger partial charge in [0.25, 0.3) is 0 Å². The minimum Gasteiger partial charge on any atom is -0.508 e. The molecular weight excluding hydrogens is 797 g/mol. The third-order valence-electron chi connectivity index (χ3n) is 9.75. The van der Waals surface area contributed by atoms with Crippen molar-refractivity contribution in [2.45, 2.75) is 74.8 Å². The Bertz CT molecular complexity index is 2070. The van der Waals surface area contributed by atoms with Crippen LogP contribution in [0.3, 0.4) is 0 Å². The van der Waals surface area contributed by atoms with Gasteiger partial charge in [-0.2, -0.15) is 0 Å². The number of carbonyl (C=O) groups is 6. The maximum atomic E-state index is 14.4. The number of para-hydroxylation sites is 1. The standard InChI is InChI=1S/C41H50N8O8S2/c42-17-7-6-12-31-37(52)47-33(19-25-13-15-27(50)16-14-25)39(54)49-35(41(56)57)23-59-58-22-29(43)36(51)46-32(18-24-8-2-1-3-9-24)38(53)48-34(40(55)45-31)20-26-21-44-30-11-5-4-10-28(26)30/h1-5,8-11,13-16,21,29,31-35,44,50H,6-7,12,17-20,22-23,42-43H2,(H,45,55)(H,46,51)(H,47,52)(H,48,53)(H,49,54)(H,56,57)/t29-,31-,32-,33-,34-,35-/m0/s1. The fourth-order valence-electron chi connectivity index (χ4n) is 6.48. The minimum absolute atomic E-state index is 0.000562. The molecule has 4 aromatic rings. The van der Waals surface area contributed by atoms with Crippen LogP contribution in [0, 0.1) is 0 Å². The number of phenolic OH excluding ortho intramolecular Hbond substituents is 1. The summed E-state index contributed by atoms with van der Waals surface area (Å²) in [6.07, 6.45) is 2.78. The first-order chi connectivity index (χ1) is 28.4. The first kappa shape index (κ1) is 44.5. The number of benzene rings is 3. The molecule has 6 atom stereocenters. The van der Waals surface area contributed by atoms with Crippen LogP contribution >= 0.6 is 21.6 Å². The van der Waals surface area contributed by atoms with E-state index in [4.69, 9.17) is 11.5 Å². The number of carbonyl (C=O) groups excluding carboxylic acids is 5. The van der Waals surface area contributed by atoms with Gasteiger partial charge in [0.05, 0.1) is 6.04 Å². The zero-order valence-electron chi connectivity index (χ0n) is 32.2. The second-order valence-electron chi connectivity index (χ2n) is 14.2. The molecule has 16 nitrogen and oxygen atoms in total. The fourth-order valence-corrected chi connectivity index (χ4v) is 8.76. The van der Waals surface area contributed by atoms with Crippen LogP contribution in [0.15, 0.2) is 85.1 Å². The number of nitrogens with two attached hydrogens (primary N) is 2. The van der Waals surface area contributed by atoms with Crippen molar-refractivity contribution in [1.82, 2.24) is 31.6 Å². The van der Waals surface area contributed by atoms with Gasteiger partial charge in [-0.25, -0.2) is 4.79 Å². The molecule has 0 spiro atoms. The van der Waals surface area contributed by atoms with Crippen LogP contribution in [0.2, 0.25) is 0 Å². The summed E-state index contributed by atoms with van der Waals surface area (Å²) in [4.78, 5) is 85.6. The van der Waals surface area contributed by atoms with Gasteiger partial charge in [-0.05, 0) is 60.7 Å². The van der Waals surface area contributed by atoms with Gasteiger partial charge in [-0.15, -0.1) is 0 Å². The number of unbranched alkanes of at least 4 members (excludes halogenated alkanes) is 1. The average Bonchev–Trinajstić information content (AvgIpc) is 3.63. The number of aromatic hydroxyl groups is 1. The van der Waals surface area contributed by atoms with Crippen molar-refractivity contribution < 1.29 is 39.0 Å². The smallest absolute Gasteiger partial charge is 0.327 e. The molecule has 0 radical (unpaired) electrons. The van der Waals surface area contributed by atoms with Gasteiger partial charge in [0.1, 0.15) is 36.0 Å². The number of phenols is 1. The van der Waals surface area contributed by atoms with Crippen LogP contribution in [-0.4, -0.2) is 105 Å². The Morgan fingerprint density at radius 3 is 1.85 bits per heavy atom. The predicted molar refractivity (Wildman–Crippen MR) is 227 cm³/mol. The number of carboxylic acids is 1. The lowest BCUT2D eigenvalue weighted by Gasteiger charge is -2.27. The van der Waals surface area contributed by atoms with Crippen molar-refractivity contribution >= 4 is 68.0 Å². The first-order valence-electron chi connectivity index (χ1n) is 19.2.